The number of aliphatic hydroxyl groups excluding tert-OH is 2. The van der Waals surface area contributed by atoms with Gasteiger partial charge in [-0.1, -0.05) is 6.07 Å². The maximum absolute atomic E-state index is 13.0. The number of rotatable bonds is 7. The van der Waals surface area contributed by atoms with Crippen LogP contribution in [0.5, 0.6) is 11.5 Å². The predicted octanol–water partition coefficient (Wildman–Crippen LogP) is 4.37. The van der Waals surface area contributed by atoms with Gasteiger partial charge in [-0.3, -0.25) is 4.79 Å². The molecule has 0 aliphatic carbocycles. The molecule has 0 spiro atoms. The van der Waals surface area contributed by atoms with Crippen LogP contribution in [-0.4, -0.2) is 29.0 Å². The van der Waals surface area contributed by atoms with Crippen molar-refractivity contribution >= 4 is 21.9 Å². The van der Waals surface area contributed by atoms with Gasteiger partial charge in [-0.15, -0.1) is 0 Å². The second-order valence-electron chi connectivity index (χ2n) is 8.22. The van der Waals surface area contributed by atoms with E-state index in [1.165, 1.54) is 30.3 Å². The van der Waals surface area contributed by atoms with Crippen molar-refractivity contribution in [3.63, 3.8) is 0 Å². The lowest BCUT2D eigenvalue weighted by atomic mass is 9.93. The largest absolute Gasteiger partial charge is 0.457 e. The Morgan fingerprint density at radius 2 is 1.53 bits per heavy atom. The van der Waals surface area contributed by atoms with E-state index in [1.54, 1.807) is 18.2 Å². The molecule has 1 aromatic heterocycles. The molecule has 0 saturated heterocycles. The first kappa shape index (κ1) is 23.7. The first-order valence-corrected chi connectivity index (χ1v) is 10.5. The number of halogens is 3. The van der Waals surface area contributed by atoms with Crippen LogP contribution in [0, 0.1) is 0 Å². The van der Waals surface area contributed by atoms with Crippen LogP contribution in [0.25, 0.3) is 21.9 Å². The van der Waals surface area contributed by atoms with Crippen LogP contribution in [0.15, 0.2) is 69.9 Å². The summed E-state index contributed by atoms with van der Waals surface area (Å²) in [6.45, 7) is -0.721. The third-order valence-corrected chi connectivity index (χ3v) is 5.66. The van der Waals surface area contributed by atoms with Gasteiger partial charge in [0, 0.05) is 6.07 Å². The maximum atomic E-state index is 13.0. The van der Waals surface area contributed by atoms with Crippen LogP contribution < -0.4 is 15.9 Å². The molecule has 34 heavy (non-hydrogen) atoms. The standard InChI is InChI=1S/C25H22F3NO5/c26-25(27,28)16-2-4-17(5-3-16)33-18-6-7-19-22(12-18)34-21-8-1-15(11-20(21)23(19)32)9-10-24(29,13-30)14-31/h1-8,11-12,30-31H,9-10,13-14,29H2. The van der Waals surface area contributed by atoms with Crippen LogP contribution >= 0.6 is 0 Å². The number of benzene rings is 3. The van der Waals surface area contributed by atoms with Gasteiger partial charge in [-0.05, 0) is 66.9 Å². The molecule has 0 aliphatic rings. The highest BCUT2D eigenvalue weighted by Gasteiger charge is 2.30. The second kappa shape index (κ2) is 9.09. The Hall–Kier alpha value is -3.40. The van der Waals surface area contributed by atoms with Crippen molar-refractivity contribution in [2.45, 2.75) is 24.6 Å². The van der Waals surface area contributed by atoms with E-state index in [2.05, 4.69) is 0 Å². The molecule has 4 N–H and O–H groups in total. The Morgan fingerprint density at radius 3 is 2.18 bits per heavy atom. The number of fused-ring (bicyclic) bond motifs is 2. The molecule has 9 heteroatoms. The summed E-state index contributed by atoms with van der Waals surface area (Å²) in [5.41, 5.74) is 5.22. The molecular formula is C25H22F3NO5. The number of aliphatic hydroxyl groups is 2. The summed E-state index contributed by atoms with van der Waals surface area (Å²) in [6.07, 6.45) is -3.66. The number of nitrogens with two attached hydrogens (primary N) is 1. The molecule has 178 valence electrons. The summed E-state index contributed by atoms with van der Waals surface area (Å²) in [5, 5.41) is 19.4. The van der Waals surface area contributed by atoms with Crippen molar-refractivity contribution in [3.8, 4) is 11.5 Å². The summed E-state index contributed by atoms with van der Waals surface area (Å²) in [7, 11) is 0. The average molecular weight is 473 g/mol. The fraction of sp³-hybridized carbons (Fsp3) is 0.240. The Balaban J connectivity index is 1.61. The minimum atomic E-state index is -4.43. The number of hydrogen-bond acceptors (Lipinski definition) is 6. The fourth-order valence-electron chi connectivity index (χ4n) is 3.55. The van der Waals surface area contributed by atoms with Gasteiger partial charge in [0.1, 0.15) is 22.7 Å². The third-order valence-electron chi connectivity index (χ3n) is 5.66. The molecule has 6 nitrogen and oxygen atoms in total. The lowest BCUT2D eigenvalue weighted by Gasteiger charge is -2.24. The van der Waals surface area contributed by atoms with Crippen molar-refractivity contribution < 1.29 is 32.5 Å². The maximum Gasteiger partial charge on any atom is 0.416 e. The molecule has 0 aliphatic heterocycles. The highest BCUT2D eigenvalue weighted by Crippen LogP contribution is 2.32. The van der Waals surface area contributed by atoms with E-state index >= 15 is 0 Å². The van der Waals surface area contributed by atoms with E-state index in [-0.39, 0.29) is 30.0 Å². The monoisotopic (exact) mass is 473 g/mol. The molecule has 1 heterocycles. The second-order valence-corrected chi connectivity index (χ2v) is 8.22. The molecule has 0 atom stereocenters. The van der Waals surface area contributed by atoms with Gasteiger partial charge in [0.15, 0.2) is 0 Å². The van der Waals surface area contributed by atoms with Crippen LogP contribution in [0.4, 0.5) is 13.2 Å². The summed E-state index contributed by atoms with van der Waals surface area (Å²) in [4.78, 5) is 13.0. The van der Waals surface area contributed by atoms with Gasteiger partial charge < -0.3 is 25.1 Å². The van der Waals surface area contributed by atoms with Crippen molar-refractivity contribution in [1.82, 2.24) is 0 Å². The van der Waals surface area contributed by atoms with Gasteiger partial charge in [0.05, 0.1) is 35.1 Å². The lowest BCUT2D eigenvalue weighted by molar-refractivity contribution is -0.137. The molecular weight excluding hydrogens is 451 g/mol. The van der Waals surface area contributed by atoms with Crippen molar-refractivity contribution in [3.05, 3.63) is 82.0 Å². The van der Waals surface area contributed by atoms with E-state index in [9.17, 15) is 28.2 Å². The average Bonchev–Trinajstić information content (AvgIpc) is 2.82. The number of aryl methyl sites for hydroxylation is 1. The van der Waals surface area contributed by atoms with Crippen molar-refractivity contribution in [1.29, 1.82) is 0 Å². The SMILES string of the molecule is NC(CO)(CO)CCc1ccc2oc3cc(Oc4ccc(C(F)(F)F)cc4)ccc3c(=O)c2c1. The molecule has 0 radical (unpaired) electrons. The van der Waals surface area contributed by atoms with Crippen LogP contribution in [0.2, 0.25) is 0 Å². The van der Waals surface area contributed by atoms with E-state index in [0.717, 1.165) is 17.7 Å². The zero-order chi connectivity index (χ0) is 24.5. The number of alkyl halides is 3. The zero-order valence-electron chi connectivity index (χ0n) is 17.9. The smallest absolute Gasteiger partial charge is 0.416 e. The minimum Gasteiger partial charge on any atom is -0.457 e. The van der Waals surface area contributed by atoms with Crippen LogP contribution in [0.3, 0.4) is 0 Å². The van der Waals surface area contributed by atoms with Crippen molar-refractivity contribution in [2.75, 3.05) is 13.2 Å². The summed E-state index contributed by atoms with van der Waals surface area (Å²) >= 11 is 0. The highest BCUT2D eigenvalue weighted by atomic mass is 19.4. The van der Waals surface area contributed by atoms with Crippen LogP contribution in [-0.2, 0) is 12.6 Å². The number of hydrogen-bond donors (Lipinski definition) is 3. The molecule has 4 rings (SSSR count). The van der Waals surface area contributed by atoms with Gasteiger partial charge in [-0.2, -0.15) is 13.2 Å². The van der Waals surface area contributed by atoms with Gasteiger partial charge in [0.25, 0.3) is 0 Å². The first-order chi connectivity index (χ1) is 16.1. The topological polar surface area (TPSA) is 106 Å². The molecule has 0 amide bonds. The molecule has 0 saturated carbocycles. The zero-order valence-corrected chi connectivity index (χ0v) is 17.9. The van der Waals surface area contributed by atoms with E-state index < -0.39 is 17.3 Å². The Bertz CT molecular complexity index is 1380. The summed E-state index contributed by atoms with van der Waals surface area (Å²) in [6, 6.07) is 14.0. The fourth-order valence-corrected chi connectivity index (χ4v) is 3.55. The Morgan fingerprint density at radius 1 is 0.853 bits per heavy atom. The molecule has 0 unspecified atom stereocenters. The van der Waals surface area contributed by atoms with E-state index in [1.807, 2.05) is 0 Å². The van der Waals surface area contributed by atoms with E-state index in [4.69, 9.17) is 14.9 Å². The number of ether oxygens (including phenoxy) is 1. The van der Waals surface area contributed by atoms with Crippen molar-refractivity contribution in [2.24, 2.45) is 5.73 Å². The summed E-state index contributed by atoms with van der Waals surface area (Å²) < 4.78 is 49.7. The third kappa shape index (κ3) is 4.91. The quantitative estimate of drug-likeness (QED) is 0.344. The highest BCUT2D eigenvalue weighted by molar-refractivity contribution is 5.90. The Labute approximate surface area is 192 Å². The van der Waals surface area contributed by atoms with Gasteiger partial charge >= 0.3 is 6.18 Å². The first-order valence-electron chi connectivity index (χ1n) is 10.5. The van der Waals surface area contributed by atoms with Gasteiger partial charge in [-0.25, -0.2) is 0 Å². The Kier molecular flexibility index (Phi) is 6.35. The van der Waals surface area contributed by atoms with Crippen LogP contribution in [0.1, 0.15) is 17.5 Å². The van der Waals surface area contributed by atoms with E-state index in [0.29, 0.717) is 34.9 Å². The molecule has 3 aromatic carbocycles. The minimum absolute atomic E-state index is 0.210. The lowest BCUT2D eigenvalue weighted by Crippen LogP contribution is -2.47. The predicted molar refractivity (Wildman–Crippen MR) is 121 cm³/mol. The molecule has 0 fully saturated rings. The normalized spacial score (nSPS) is 12.4. The molecule has 0 bridgehead atoms. The summed E-state index contributed by atoms with van der Waals surface area (Å²) in [5.74, 6) is 0.514. The molecule has 4 aromatic rings. The van der Waals surface area contributed by atoms with Gasteiger partial charge in [0.2, 0.25) is 5.43 Å².